The fourth-order valence-electron chi connectivity index (χ4n) is 5.14. The topological polar surface area (TPSA) is 0 Å². The van der Waals surface area contributed by atoms with Crippen LogP contribution < -0.4 is 0 Å². The highest BCUT2D eigenvalue weighted by molar-refractivity contribution is 5.66. The highest BCUT2D eigenvalue weighted by atomic mass is 14.3. The van der Waals surface area contributed by atoms with E-state index in [-0.39, 0.29) is 0 Å². The predicted octanol–water partition coefficient (Wildman–Crippen LogP) is 8.52. The molecule has 1 fully saturated rings. The lowest BCUT2D eigenvalue weighted by molar-refractivity contribution is 0.302. The summed E-state index contributed by atoms with van der Waals surface area (Å²) in [5.74, 6) is 2.76. The molecule has 0 heterocycles. The summed E-state index contributed by atoms with van der Waals surface area (Å²) in [6.45, 7) is 4.64. The molecule has 1 aromatic carbocycles. The summed E-state index contributed by atoms with van der Waals surface area (Å²) in [6.07, 6.45) is 20.7. The average Bonchev–Trinajstić information content (AvgIpc) is 2.72. The van der Waals surface area contributed by atoms with Crippen LogP contribution in [0.3, 0.4) is 0 Å². The predicted molar refractivity (Wildman–Crippen MR) is 116 cm³/mol. The summed E-state index contributed by atoms with van der Waals surface area (Å²) in [5.41, 5.74) is 4.67. The van der Waals surface area contributed by atoms with Gasteiger partial charge in [-0.1, -0.05) is 82.7 Å². The van der Waals surface area contributed by atoms with Gasteiger partial charge in [0.15, 0.2) is 0 Å². The third-order valence-electron chi connectivity index (χ3n) is 7.16. The molecule has 0 saturated heterocycles. The van der Waals surface area contributed by atoms with Crippen LogP contribution in [0.1, 0.15) is 114 Å². The molecule has 2 aliphatic carbocycles. The van der Waals surface area contributed by atoms with Crippen molar-refractivity contribution < 1.29 is 0 Å². The maximum absolute atomic E-state index is 2.51. The SMILES string of the molecule is CCCCCC[C@H]1CC[C@H](c2ccc(C3=CCC(CC)CC3)cc2)CC1. The minimum atomic E-state index is 0.820. The molecular formula is C26H40. The molecule has 0 radical (unpaired) electrons. The maximum atomic E-state index is 2.51. The molecule has 0 nitrogen and oxygen atoms in total. The van der Waals surface area contributed by atoms with Crippen molar-refractivity contribution in [3.63, 3.8) is 0 Å². The van der Waals surface area contributed by atoms with Crippen LogP contribution in [-0.2, 0) is 0 Å². The van der Waals surface area contributed by atoms with Crippen LogP contribution in [0.25, 0.3) is 5.57 Å². The van der Waals surface area contributed by atoms with Gasteiger partial charge in [0, 0.05) is 0 Å². The molecule has 3 rings (SSSR count). The molecular weight excluding hydrogens is 312 g/mol. The Morgan fingerprint density at radius 2 is 1.58 bits per heavy atom. The first-order valence-electron chi connectivity index (χ1n) is 11.6. The molecule has 0 aliphatic heterocycles. The van der Waals surface area contributed by atoms with Gasteiger partial charge >= 0.3 is 0 Å². The molecule has 2 aliphatic rings. The summed E-state index contributed by atoms with van der Waals surface area (Å²) in [7, 11) is 0. The first-order chi connectivity index (χ1) is 12.8. The van der Waals surface area contributed by atoms with E-state index in [9.17, 15) is 0 Å². The molecule has 0 heteroatoms. The molecule has 0 aromatic heterocycles. The number of hydrogen-bond donors (Lipinski definition) is 0. The Bertz CT molecular complexity index is 542. The first-order valence-corrected chi connectivity index (χ1v) is 11.6. The van der Waals surface area contributed by atoms with Crippen LogP contribution in [0.15, 0.2) is 30.3 Å². The standard InChI is InChI=1S/C26H40/c1-3-5-6-7-8-22-11-15-24(16-12-22)26-19-17-25(18-20-26)23-13-9-21(4-2)10-14-23/h13,17-22,24H,3-12,14-16H2,1-2H3/t21?,22-,24-. The van der Waals surface area contributed by atoms with E-state index < -0.39 is 0 Å². The minimum absolute atomic E-state index is 0.820. The van der Waals surface area contributed by atoms with E-state index in [1.807, 2.05) is 0 Å². The maximum Gasteiger partial charge on any atom is -0.0162 e. The molecule has 0 spiro atoms. The van der Waals surface area contributed by atoms with Gasteiger partial charge < -0.3 is 0 Å². The molecule has 1 aromatic rings. The number of allylic oxidation sites excluding steroid dienone is 2. The smallest absolute Gasteiger partial charge is 0.0162 e. The van der Waals surface area contributed by atoms with Crippen LogP contribution in [0, 0.1) is 11.8 Å². The zero-order valence-electron chi connectivity index (χ0n) is 17.3. The number of rotatable bonds is 8. The molecule has 26 heavy (non-hydrogen) atoms. The van der Waals surface area contributed by atoms with Gasteiger partial charge in [0.05, 0.1) is 0 Å². The van der Waals surface area contributed by atoms with E-state index in [1.165, 1.54) is 89.0 Å². The fraction of sp³-hybridized carbons (Fsp3) is 0.692. The van der Waals surface area contributed by atoms with E-state index in [2.05, 4.69) is 44.2 Å². The largest absolute Gasteiger partial charge is 0.0804 e. The van der Waals surface area contributed by atoms with E-state index in [0.717, 1.165) is 17.8 Å². The number of hydrogen-bond acceptors (Lipinski definition) is 0. The summed E-state index contributed by atoms with van der Waals surface area (Å²) >= 11 is 0. The molecule has 0 N–H and O–H groups in total. The Hall–Kier alpha value is -1.04. The van der Waals surface area contributed by atoms with E-state index in [4.69, 9.17) is 0 Å². The first kappa shape index (κ1) is 19.7. The Labute approximate surface area is 162 Å². The molecule has 1 unspecified atom stereocenters. The highest BCUT2D eigenvalue weighted by Gasteiger charge is 2.22. The Balaban J connectivity index is 1.47. The summed E-state index contributed by atoms with van der Waals surface area (Å²) < 4.78 is 0. The van der Waals surface area contributed by atoms with Crippen LogP contribution in [0.2, 0.25) is 0 Å². The van der Waals surface area contributed by atoms with Crippen molar-refractivity contribution in [1.29, 1.82) is 0 Å². The Morgan fingerprint density at radius 1 is 0.808 bits per heavy atom. The van der Waals surface area contributed by atoms with E-state index in [1.54, 1.807) is 11.1 Å². The highest BCUT2D eigenvalue weighted by Crippen LogP contribution is 2.38. The number of benzene rings is 1. The van der Waals surface area contributed by atoms with Crippen molar-refractivity contribution in [3.8, 4) is 0 Å². The van der Waals surface area contributed by atoms with Gasteiger partial charge in [0.1, 0.15) is 0 Å². The van der Waals surface area contributed by atoms with Gasteiger partial charge in [-0.25, -0.2) is 0 Å². The van der Waals surface area contributed by atoms with Gasteiger partial charge in [-0.05, 0) is 79.4 Å². The Kier molecular flexibility index (Phi) is 7.84. The Morgan fingerprint density at radius 3 is 2.19 bits per heavy atom. The van der Waals surface area contributed by atoms with Gasteiger partial charge in [-0.15, -0.1) is 0 Å². The van der Waals surface area contributed by atoms with Gasteiger partial charge in [-0.3, -0.25) is 0 Å². The monoisotopic (exact) mass is 352 g/mol. The zero-order chi connectivity index (χ0) is 18.2. The minimum Gasteiger partial charge on any atom is -0.0804 e. The van der Waals surface area contributed by atoms with Crippen molar-refractivity contribution in [2.45, 2.75) is 103 Å². The van der Waals surface area contributed by atoms with Gasteiger partial charge in [0.2, 0.25) is 0 Å². The molecule has 0 bridgehead atoms. The third-order valence-corrected chi connectivity index (χ3v) is 7.16. The lowest BCUT2D eigenvalue weighted by Gasteiger charge is -2.29. The second kappa shape index (κ2) is 10.3. The summed E-state index contributed by atoms with van der Waals surface area (Å²) in [6, 6.07) is 9.69. The molecule has 144 valence electrons. The van der Waals surface area contributed by atoms with E-state index in [0.29, 0.717) is 0 Å². The molecule has 1 saturated carbocycles. The van der Waals surface area contributed by atoms with Crippen LogP contribution in [-0.4, -0.2) is 0 Å². The van der Waals surface area contributed by atoms with Crippen molar-refractivity contribution in [2.24, 2.45) is 11.8 Å². The fourth-order valence-corrected chi connectivity index (χ4v) is 5.14. The van der Waals surface area contributed by atoms with Gasteiger partial charge in [-0.2, -0.15) is 0 Å². The third kappa shape index (κ3) is 5.48. The van der Waals surface area contributed by atoms with Crippen LogP contribution in [0.5, 0.6) is 0 Å². The molecule has 1 atom stereocenters. The second-order valence-corrected chi connectivity index (χ2v) is 8.97. The lowest BCUT2D eigenvalue weighted by atomic mass is 9.76. The second-order valence-electron chi connectivity index (χ2n) is 8.97. The normalized spacial score (nSPS) is 26.5. The molecule has 0 amide bonds. The van der Waals surface area contributed by atoms with Crippen molar-refractivity contribution in [3.05, 3.63) is 41.5 Å². The average molecular weight is 353 g/mol. The van der Waals surface area contributed by atoms with Crippen LogP contribution in [0.4, 0.5) is 0 Å². The number of unbranched alkanes of at least 4 members (excludes halogenated alkanes) is 3. The van der Waals surface area contributed by atoms with Crippen molar-refractivity contribution in [2.75, 3.05) is 0 Å². The summed E-state index contributed by atoms with van der Waals surface area (Å²) in [4.78, 5) is 0. The lowest BCUT2D eigenvalue weighted by Crippen LogP contribution is -2.13. The van der Waals surface area contributed by atoms with Gasteiger partial charge in [0.25, 0.3) is 0 Å². The summed E-state index contributed by atoms with van der Waals surface area (Å²) in [5, 5.41) is 0. The zero-order valence-corrected chi connectivity index (χ0v) is 17.3. The van der Waals surface area contributed by atoms with Crippen molar-refractivity contribution in [1.82, 2.24) is 0 Å². The van der Waals surface area contributed by atoms with Crippen LogP contribution >= 0.6 is 0 Å². The quantitative estimate of drug-likeness (QED) is 0.411. The van der Waals surface area contributed by atoms with E-state index >= 15 is 0 Å². The van der Waals surface area contributed by atoms with Crippen molar-refractivity contribution >= 4 is 5.57 Å².